The lowest BCUT2D eigenvalue weighted by Gasteiger charge is -2.21. The van der Waals surface area contributed by atoms with Crippen molar-refractivity contribution in [3.8, 4) is 0 Å². The van der Waals surface area contributed by atoms with E-state index in [-0.39, 0.29) is 11.5 Å². The SMILES string of the molecule is COCCN(CCOC)Cc1ccc(N)c(F)c1. The second kappa shape index (κ2) is 8.02. The van der Waals surface area contributed by atoms with Gasteiger partial charge in [0.25, 0.3) is 0 Å². The molecule has 0 fully saturated rings. The number of methoxy groups -OCH3 is 2. The Balaban J connectivity index is 2.59. The van der Waals surface area contributed by atoms with Gasteiger partial charge in [0.1, 0.15) is 5.82 Å². The van der Waals surface area contributed by atoms with Crippen LogP contribution in [-0.4, -0.2) is 45.4 Å². The highest BCUT2D eigenvalue weighted by Crippen LogP contribution is 2.13. The van der Waals surface area contributed by atoms with Gasteiger partial charge in [-0.3, -0.25) is 4.90 Å². The molecule has 102 valence electrons. The lowest BCUT2D eigenvalue weighted by atomic mass is 10.2. The summed E-state index contributed by atoms with van der Waals surface area (Å²) in [7, 11) is 3.33. The number of hydrogen-bond acceptors (Lipinski definition) is 4. The van der Waals surface area contributed by atoms with E-state index in [1.807, 2.05) is 6.07 Å². The molecule has 0 aliphatic heterocycles. The third-order valence-electron chi connectivity index (χ3n) is 2.69. The number of nitrogen functional groups attached to an aromatic ring is 1. The van der Waals surface area contributed by atoms with Crippen LogP contribution in [-0.2, 0) is 16.0 Å². The summed E-state index contributed by atoms with van der Waals surface area (Å²) in [5.41, 5.74) is 6.53. The third kappa shape index (κ3) is 5.00. The highest BCUT2D eigenvalue weighted by atomic mass is 19.1. The Kier molecular flexibility index (Phi) is 6.64. The molecule has 0 aliphatic carbocycles. The Hall–Kier alpha value is -1.17. The molecule has 0 unspecified atom stereocenters. The van der Waals surface area contributed by atoms with Crippen LogP contribution in [0.5, 0.6) is 0 Å². The topological polar surface area (TPSA) is 47.7 Å². The molecule has 0 spiro atoms. The first-order chi connectivity index (χ1) is 8.67. The average molecular weight is 256 g/mol. The van der Waals surface area contributed by atoms with Gasteiger partial charge in [-0.25, -0.2) is 4.39 Å². The van der Waals surface area contributed by atoms with Crippen molar-refractivity contribution >= 4 is 5.69 Å². The molecular formula is C13H21FN2O2. The molecule has 2 N–H and O–H groups in total. The van der Waals surface area contributed by atoms with Crippen LogP contribution in [0.2, 0.25) is 0 Å². The van der Waals surface area contributed by atoms with Crippen molar-refractivity contribution in [3.05, 3.63) is 29.6 Å². The van der Waals surface area contributed by atoms with Crippen molar-refractivity contribution in [1.82, 2.24) is 4.90 Å². The van der Waals surface area contributed by atoms with Crippen LogP contribution in [0.15, 0.2) is 18.2 Å². The highest BCUT2D eigenvalue weighted by Gasteiger charge is 2.07. The number of nitrogens with two attached hydrogens (primary N) is 1. The summed E-state index contributed by atoms with van der Waals surface area (Å²) < 4.78 is 23.5. The second-order valence-electron chi connectivity index (χ2n) is 4.12. The fraction of sp³-hybridized carbons (Fsp3) is 0.538. The summed E-state index contributed by atoms with van der Waals surface area (Å²) in [5.74, 6) is -0.370. The van der Waals surface area contributed by atoms with Gasteiger partial charge in [0.05, 0.1) is 18.9 Å². The van der Waals surface area contributed by atoms with Crippen molar-refractivity contribution in [2.24, 2.45) is 0 Å². The van der Waals surface area contributed by atoms with Gasteiger partial charge in [-0.2, -0.15) is 0 Å². The zero-order valence-corrected chi connectivity index (χ0v) is 11.0. The summed E-state index contributed by atoms with van der Waals surface area (Å²) in [6, 6.07) is 4.91. The minimum absolute atomic E-state index is 0.180. The van der Waals surface area contributed by atoms with Crippen molar-refractivity contribution in [1.29, 1.82) is 0 Å². The molecule has 0 aliphatic rings. The predicted molar refractivity (Wildman–Crippen MR) is 69.8 cm³/mol. The van der Waals surface area contributed by atoms with Crippen LogP contribution in [0.25, 0.3) is 0 Å². The fourth-order valence-corrected chi connectivity index (χ4v) is 1.64. The molecule has 0 heterocycles. The molecule has 1 rings (SSSR count). The van der Waals surface area contributed by atoms with Crippen LogP contribution in [0.1, 0.15) is 5.56 Å². The van der Waals surface area contributed by atoms with E-state index in [1.165, 1.54) is 6.07 Å². The summed E-state index contributed by atoms with van der Waals surface area (Å²) >= 11 is 0. The van der Waals surface area contributed by atoms with Gasteiger partial charge >= 0.3 is 0 Å². The first-order valence-corrected chi connectivity index (χ1v) is 5.91. The van der Waals surface area contributed by atoms with Gasteiger partial charge in [0, 0.05) is 33.9 Å². The maximum Gasteiger partial charge on any atom is 0.146 e. The van der Waals surface area contributed by atoms with Gasteiger partial charge in [-0.15, -0.1) is 0 Å². The van der Waals surface area contributed by atoms with Gasteiger partial charge in [-0.05, 0) is 17.7 Å². The number of hydrogen-bond donors (Lipinski definition) is 1. The number of benzene rings is 1. The quantitative estimate of drug-likeness (QED) is 0.716. The lowest BCUT2D eigenvalue weighted by Crippen LogP contribution is -2.30. The molecular weight excluding hydrogens is 235 g/mol. The van der Waals surface area contributed by atoms with Crippen LogP contribution in [0.3, 0.4) is 0 Å². The number of nitrogens with zero attached hydrogens (tertiary/aromatic N) is 1. The molecule has 1 aromatic carbocycles. The van der Waals surface area contributed by atoms with Crippen molar-refractivity contribution < 1.29 is 13.9 Å². The summed E-state index contributed by atoms with van der Waals surface area (Å²) in [6.45, 7) is 3.50. The Bertz CT molecular complexity index is 353. The van der Waals surface area contributed by atoms with Crippen molar-refractivity contribution in [2.45, 2.75) is 6.54 Å². The van der Waals surface area contributed by atoms with E-state index in [2.05, 4.69) is 4.90 Å². The molecule has 0 radical (unpaired) electrons. The van der Waals surface area contributed by atoms with Gasteiger partial charge in [0.15, 0.2) is 0 Å². The molecule has 5 heteroatoms. The number of anilines is 1. The molecule has 0 saturated carbocycles. The van der Waals surface area contributed by atoms with Gasteiger partial charge in [-0.1, -0.05) is 6.07 Å². The Labute approximate surface area is 107 Å². The standard InChI is InChI=1S/C13H21FN2O2/c1-17-7-5-16(6-8-18-2)10-11-3-4-13(15)12(14)9-11/h3-4,9H,5-8,10,15H2,1-2H3. The summed E-state index contributed by atoms with van der Waals surface area (Å²) in [5, 5.41) is 0. The van der Waals surface area contributed by atoms with E-state index >= 15 is 0 Å². The number of ether oxygens (including phenoxy) is 2. The molecule has 0 saturated heterocycles. The zero-order valence-electron chi connectivity index (χ0n) is 11.0. The number of rotatable bonds is 8. The minimum atomic E-state index is -0.370. The van der Waals surface area contributed by atoms with E-state index in [0.29, 0.717) is 19.8 Å². The van der Waals surface area contributed by atoms with E-state index < -0.39 is 0 Å². The fourth-order valence-electron chi connectivity index (χ4n) is 1.64. The molecule has 0 bridgehead atoms. The smallest absolute Gasteiger partial charge is 0.146 e. The van der Waals surface area contributed by atoms with Crippen molar-refractivity contribution in [2.75, 3.05) is 46.3 Å². The van der Waals surface area contributed by atoms with Crippen molar-refractivity contribution in [3.63, 3.8) is 0 Å². The Morgan fingerprint density at radius 3 is 2.28 bits per heavy atom. The van der Waals surface area contributed by atoms with Crippen LogP contribution < -0.4 is 5.73 Å². The zero-order chi connectivity index (χ0) is 13.4. The summed E-state index contributed by atoms with van der Waals surface area (Å²) in [6.07, 6.45) is 0. The minimum Gasteiger partial charge on any atom is -0.396 e. The molecule has 4 nitrogen and oxygen atoms in total. The molecule has 0 atom stereocenters. The van der Waals surface area contributed by atoms with E-state index in [0.717, 1.165) is 18.7 Å². The average Bonchev–Trinajstić information content (AvgIpc) is 2.37. The first-order valence-electron chi connectivity index (χ1n) is 5.91. The normalized spacial score (nSPS) is 11.1. The summed E-state index contributed by atoms with van der Waals surface area (Å²) in [4.78, 5) is 2.15. The maximum absolute atomic E-state index is 13.3. The molecule has 0 aromatic heterocycles. The van der Waals surface area contributed by atoms with E-state index in [4.69, 9.17) is 15.2 Å². The van der Waals surface area contributed by atoms with Crippen LogP contribution in [0, 0.1) is 5.82 Å². The maximum atomic E-state index is 13.3. The van der Waals surface area contributed by atoms with Gasteiger partial charge in [0.2, 0.25) is 0 Å². The monoisotopic (exact) mass is 256 g/mol. The van der Waals surface area contributed by atoms with Crippen LogP contribution in [0.4, 0.5) is 10.1 Å². The highest BCUT2D eigenvalue weighted by molar-refractivity contribution is 5.41. The second-order valence-corrected chi connectivity index (χ2v) is 4.12. The number of halogens is 1. The lowest BCUT2D eigenvalue weighted by molar-refractivity contribution is 0.110. The van der Waals surface area contributed by atoms with Crippen LogP contribution >= 0.6 is 0 Å². The Morgan fingerprint density at radius 2 is 1.78 bits per heavy atom. The van der Waals surface area contributed by atoms with E-state index in [1.54, 1.807) is 20.3 Å². The predicted octanol–water partition coefficient (Wildman–Crippen LogP) is 1.50. The Morgan fingerprint density at radius 1 is 1.17 bits per heavy atom. The first kappa shape index (κ1) is 14.9. The molecule has 18 heavy (non-hydrogen) atoms. The third-order valence-corrected chi connectivity index (χ3v) is 2.69. The molecule has 0 amide bonds. The van der Waals surface area contributed by atoms with E-state index in [9.17, 15) is 4.39 Å². The van der Waals surface area contributed by atoms with Gasteiger partial charge < -0.3 is 15.2 Å². The molecule has 1 aromatic rings. The largest absolute Gasteiger partial charge is 0.396 e.